The number of carbonyl (C=O) groups is 1. The average Bonchev–Trinajstić information content (AvgIpc) is 3.20. The average molecular weight is 424 g/mol. The third kappa shape index (κ3) is 5.31. The fraction of sp³-hybridized carbons (Fsp3) is 0.250. The Morgan fingerprint density at radius 2 is 1.65 bits per heavy atom. The Hall–Kier alpha value is -3.16. The molecular formula is C24H22F2N2O3. The van der Waals surface area contributed by atoms with Crippen LogP contribution in [0.4, 0.5) is 8.78 Å². The fourth-order valence-electron chi connectivity index (χ4n) is 3.78. The van der Waals surface area contributed by atoms with Gasteiger partial charge in [0.15, 0.2) is 0 Å². The number of hydrogen-bond donors (Lipinski definition) is 1. The Morgan fingerprint density at radius 1 is 1.03 bits per heavy atom. The van der Waals surface area contributed by atoms with E-state index in [-0.39, 0.29) is 23.4 Å². The summed E-state index contributed by atoms with van der Waals surface area (Å²) in [4.78, 5) is 17.5. The molecule has 0 saturated carbocycles. The highest BCUT2D eigenvalue weighted by atomic mass is 19.1. The molecule has 1 saturated heterocycles. The van der Waals surface area contributed by atoms with E-state index in [0.29, 0.717) is 18.8 Å². The molecule has 0 unspecified atom stereocenters. The number of aromatic carboxylic acids is 1. The highest BCUT2D eigenvalue weighted by Crippen LogP contribution is 2.30. The second kappa shape index (κ2) is 9.32. The molecule has 1 atom stereocenters. The lowest BCUT2D eigenvalue weighted by atomic mass is 10.0. The van der Waals surface area contributed by atoms with Crippen LogP contribution in [0.5, 0.6) is 0 Å². The van der Waals surface area contributed by atoms with E-state index in [1.54, 1.807) is 36.4 Å². The Balaban J connectivity index is 1.46. The van der Waals surface area contributed by atoms with E-state index < -0.39 is 12.1 Å². The van der Waals surface area contributed by atoms with Crippen molar-refractivity contribution in [3.8, 4) is 0 Å². The van der Waals surface area contributed by atoms with Crippen LogP contribution in [0.3, 0.4) is 0 Å². The minimum Gasteiger partial charge on any atom is -0.477 e. The van der Waals surface area contributed by atoms with Crippen LogP contribution in [0.1, 0.15) is 39.8 Å². The van der Waals surface area contributed by atoms with Gasteiger partial charge < -0.3 is 9.84 Å². The summed E-state index contributed by atoms with van der Waals surface area (Å²) in [6.45, 7) is 1.96. The SMILES string of the molecule is O=C(O)c1cccc(CN2CC[C@H](OC(c3ccc(F)cc3)c3ccc(F)cc3)C2)n1. The number of carboxylic acids is 1. The number of ether oxygens (including phenoxy) is 1. The van der Waals surface area contributed by atoms with Gasteiger partial charge in [-0.3, -0.25) is 4.90 Å². The number of rotatable bonds is 7. The lowest BCUT2D eigenvalue weighted by molar-refractivity contribution is 0.0137. The Bertz CT molecular complexity index is 996. The number of halogens is 2. The number of likely N-dealkylation sites (tertiary alicyclic amines) is 1. The Labute approximate surface area is 178 Å². The molecule has 160 valence electrons. The van der Waals surface area contributed by atoms with Crippen molar-refractivity contribution < 1.29 is 23.4 Å². The van der Waals surface area contributed by atoms with E-state index in [1.165, 1.54) is 30.3 Å². The first kappa shape index (κ1) is 21.1. The molecule has 0 bridgehead atoms. The van der Waals surface area contributed by atoms with Gasteiger partial charge in [0.05, 0.1) is 11.8 Å². The van der Waals surface area contributed by atoms with Gasteiger partial charge in [-0.25, -0.2) is 18.6 Å². The molecule has 0 radical (unpaired) electrons. The molecule has 2 aromatic carbocycles. The van der Waals surface area contributed by atoms with Crippen LogP contribution in [0.2, 0.25) is 0 Å². The number of carboxylic acid groups (broad SMARTS) is 1. The predicted octanol–water partition coefficient (Wildman–Crippen LogP) is 4.44. The van der Waals surface area contributed by atoms with Crippen molar-refractivity contribution in [2.24, 2.45) is 0 Å². The van der Waals surface area contributed by atoms with E-state index in [4.69, 9.17) is 9.84 Å². The number of nitrogens with zero attached hydrogens (tertiary/aromatic N) is 2. The summed E-state index contributed by atoms with van der Waals surface area (Å²) < 4.78 is 33.2. The first-order valence-corrected chi connectivity index (χ1v) is 10.1. The molecule has 7 heteroatoms. The van der Waals surface area contributed by atoms with E-state index in [0.717, 1.165) is 24.1 Å². The third-order valence-corrected chi connectivity index (χ3v) is 5.31. The zero-order valence-corrected chi connectivity index (χ0v) is 16.7. The van der Waals surface area contributed by atoms with E-state index in [9.17, 15) is 13.6 Å². The van der Waals surface area contributed by atoms with Gasteiger partial charge in [-0.15, -0.1) is 0 Å². The molecule has 1 aromatic heterocycles. The monoisotopic (exact) mass is 424 g/mol. The van der Waals surface area contributed by atoms with E-state index in [2.05, 4.69) is 9.88 Å². The summed E-state index contributed by atoms with van der Waals surface area (Å²) in [5, 5.41) is 9.12. The van der Waals surface area contributed by atoms with Gasteiger partial charge in [-0.2, -0.15) is 0 Å². The quantitative estimate of drug-likeness (QED) is 0.608. The first-order chi connectivity index (χ1) is 15.0. The van der Waals surface area contributed by atoms with Gasteiger partial charge in [-0.05, 0) is 53.9 Å². The number of aromatic nitrogens is 1. The van der Waals surface area contributed by atoms with Crippen LogP contribution in [0.15, 0.2) is 66.7 Å². The molecule has 2 heterocycles. The van der Waals surface area contributed by atoms with Crippen molar-refractivity contribution in [3.05, 3.63) is 101 Å². The summed E-state index contributed by atoms with van der Waals surface area (Å²) in [6, 6.07) is 17.2. The van der Waals surface area contributed by atoms with Gasteiger partial charge in [0.25, 0.3) is 0 Å². The predicted molar refractivity (Wildman–Crippen MR) is 111 cm³/mol. The van der Waals surface area contributed by atoms with Crippen molar-refractivity contribution in [1.29, 1.82) is 0 Å². The molecule has 0 spiro atoms. The van der Waals surface area contributed by atoms with Crippen molar-refractivity contribution in [2.45, 2.75) is 25.2 Å². The van der Waals surface area contributed by atoms with Crippen LogP contribution in [-0.2, 0) is 11.3 Å². The van der Waals surface area contributed by atoms with Crippen LogP contribution >= 0.6 is 0 Å². The van der Waals surface area contributed by atoms with E-state index >= 15 is 0 Å². The molecule has 1 fully saturated rings. The second-order valence-electron chi connectivity index (χ2n) is 7.58. The molecular weight excluding hydrogens is 402 g/mol. The minimum absolute atomic E-state index is 0.0252. The molecule has 3 aromatic rings. The highest BCUT2D eigenvalue weighted by molar-refractivity contribution is 5.85. The summed E-state index contributed by atoms with van der Waals surface area (Å²) in [5.41, 5.74) is 2.30. The molecule has 0 aliphatic carbocycles. The summed E-state index contributed by atoms with van der Waals surface area (Å²) >= 11 is 0. The zero-order chi connectivity index (χ0) is 21.8. The molecule has 1 aliphatic rings. The summed E-state index contributed by atoms with van der Waals surface area (Å²) in [6.07, 6.45) is 0.264. The first-order valence-electron chi connectivity index (χ1n) is 10.1. The van der Waals surface area contributed by atoms with Gasteiger partial charge in [0, 0.05) is 19.6 Å². The molecule has 0 amide bonds. The van der Waals surface area contributed by atoms with Crippen LogP contribution in [0, 0.1) is 11.6 Å². The maximum atomic E-state index is 13.4. The number of benzene rings is 2. The Kier molecular flexibility index (Phi) is 6.34. The molecule has 1 aliphatic heterocycles. The smallest absolute Gasteiger partial charge is 0.354 e. The maximum absolute atomic E-state index is 13.4. The summed E-state index contributed by atoms with van der Waals surface area (Å²) in [5.74, 6) is -1.71. The van der Waals surface area contributed by atoms with Crippen LogP contribution < -0.4 is 0 Å². The molecule has 1 N–H and O–H groups in total. The molecule has 5 nitrogen and oxygen atoms in total. The van der Waals surface area contributed by atoms with Crippen molar-refractivity contribution in [3.63, 3.8) is 0 Å². The summed E-state index contributed by atoms with van der Waals surface area (Å²) in [7, 11) is 0. The van der Waals surface area contributed by atoms with Gasteiger partial charge >= 0.3 is 5.97 Å². The van der Waals surface area contributed by atoms with Crippen molar-refractivity contribution in [2.75, 3.05) is 13.1 Å². The minimum atomic E-state index is -1.05. The van der Waals surface area contributed by atoms with Gasteiger partial charge in [-0.1, -0.05) is 30.3 Å². The van der Waals surface area contributed by atoms with Crippen molar-refractivity contribution in [1.82, 2.24) is 9.88 Å². The highest BCUT2D eigenvalue weighted by Gasteiger charge is 2.28. The van der Waals surface area contributed by atoms with Crippen molar-refractivity contribution >= 4 is 5.97 Å². The maximum Gasteiger partial charge on any atom is 0.354 e. The number of pyridine rings is 1. The van der Waals surface area contributed by atoms with E-state index in [1.807, 2.05) is 0 Å². The lowest BCUT2D eigenvalue weighted by Gasteiger charge is -2.24. The second-order valence-corrected chi connectivity index (χ2v) is 7.58. The standard InChI is InChI=1S/C24H22F2N2O3/c25-18-8-4-16(5-9-18)23(17-6-10-19(26)11-7-17)31-21-12-13-28(15-21)14-20-2-1-3-22(27-20)24(29)30/h1-11,21,23H,12-15H2,(H,29,30)/t21-/m0/s1. The Morgan fingerprint density at radius 3 is 2.23 bits per heavy atom. The van der Waals surface area contributed by atoms with Crippen LogP contribution in [0.25, 0.3) is 0 Å². The topological polar surface area (TPSA) is 62.7 Å². The van der Waals surface area contributed by atoms with Gasteiger partial charge in [0.1, 0.15) is 23.4 Å². The number of hydrogen-bond acceptors (Lipinski definition) is 4. The molecule has 31 heavy (non-hydrogen) atoms. The molecule has 4 rings (SSSR count). The normalized spacial score (nSPS) is 16.7. The van der Waals surface area contributed by atoms with Crippen LogP contribution in [-0.4, -0.2) is 40.2 Å². The zero-order valence-electron chi connectivity index (χ0n) is 16.7. The largest absolute Gasteiger partial charge is 0.477 e. The third-order valence-electron chi connectivity index (χ3n) is 5.31. The fourth-order valence-corrected chi connectivity index (χ4v) is 3.78. The lowest BCUT2D eigenvalue weighted by Crippen LogP contribution is -2.25. The van der Waals surface area contributed by atoms with Gasteiger partial charge in [0.2, 0.25) is 0 Å².